The Morgan fingerprint density at radius 3 is 2.52 bits per heavy atom. The van der Waals surface area contributed by atoms with Crippen molar-refractivity contribution < 1.29 is 4.79 Å². The molecule has 1 atom stereocenters. The van der Waals surface area contributed by atoms with E-state index in [0.29, 0.717) is 5.69 Å². The maximum atomic E-state index is 12.0. The van der Waals surface area contributed by atoms with E-state index in [4.69, 9.17) is 0 Å². The molecule has 0 fully saturated rings. The molecule has 0 aliphatic carbocycles. The molecule has 0 aliphatic heterocycles. The molecule has 2 aromatic rings. The zero-order valence-corrected chi connectivity index (χ0v) is 12.1. The Bertz CT molecular complexity index is 662. The van der Waals surface area contributed by atoms with Crippen LogP contribution in [0.25, 0.3) is 0 Å². The number of pyridine rings is 1. The Balaban J connectivity index is 2.06. The van der Waals surface area contributed by atoms with E-state index in [-0.39, 0.29) is 23.2 Å². The molecule has 0 radical (unpaired) electrons. The fraction of sp³-hybridized carbons (Fsp3) is 0.250. The number of aromatic amines is 1. The minimum absolute atomic E-state index is 0.243. The summed E-state index contributed by atoms with van der Waals surface area (Å²) in [5.41, 5.74) is 1.80. The van der Waals surface area contributed by atoms with Crippen molar-refractivity contribution in [3.8, 4) is 0 Å². The van der Waals surface area contributed by atoms with Crippen LogP contribution in [-0.4, -0.2) is 17.4 Å². The van der Waals surface area contributed by atoms with E-state index in [0.717, 1.165) is 12.1 Å². The Morgan fingerprint density at radius 1 is 1.19 bits per heavy atom. The van der Waals surface area contributed by atoms with Crippen molar-refractivity contribution in [1.82, 2.24) is 10.3 Å². The predicted octanol–water partition coefficient (Wildman–Crippen LogP) is 2.30. The first-order chi connectivity index (χ1) is 10.1. The van der Waals surface area contributed by atoms with Crippen LogP contribution >= 0.6 is 0 Å². The number of benzene rings is 1. The number of nitrogens with one attached hydrogen (secondary N) is 3. The summed E-state index contributed by atoms with van der Waals surface area (Å²) in [5.74, 6) is -0.333. The van der Waals surface area contributed by atoms with Gasteiger partial charge in [-0.2, -0.15) is 0 Å². The van der Waals surface area contributed by atoms with E-state index < -0.39 is 0 Å². The highest BCUT2D eigenvalue weighted by Crippen LogP contribution is 2.16. The third-order valence-corrected chi connectivity index (χ3v) is 3.19. The standard InChI is InChI=1S/C16H19N3O2/c1-3-17-11(2)12-7-9-13(10-8-12)18-16(21)14-5-4-6-15(20)19-14/h4-11,17H,3H2,1-2H3,(H,18,21)(H,19,20). The second-order valence-electron chi connectivity index (χ2n) is 4.78. The van der Waals surface area contributed by atoms with E-state index in [1.54, 1.807) is 12.1 Å². The summed E-state index contributed by atoms with van der Waals surface area (Å²) in [4.78, 5) is 25.7. The molecular formula is C16H19N3O2. The number of rotatable bonds is 5. The number of carbonyl (C=O) groups excluding carboxylic acids is 1. The molecule has 0 spiro atoms. The number of amides is 1. The van der Waals surface area contributed by atoms with Crippen molar-refractivity contribution in [3.63, 3.8) is 0 Å². The molecule has 0 bridgehead atoms. The van der Waals surface area contributed by atoms with Gasteiger partial charge in [0.1, 0.15) is 5.69 Å². The van der Waals surface area contributed by atoms with Gasteiger partial charge >= 0.3 is 0 Å². The van der Waals surface area contributed by atoms with Crippen LogP contribution in [0, 0.1) is 0 Å². The first-order valence-electron chi connectivity index (χ1n) is 6.94. The van der Waals surface area contributed by atoms with Gasteiger partial charge in [-0.3, -0.25) is 9.59 Å². The van der Waals surface area contributed by atoms with Crippen molar-refractivity contribution in [1.29, 1.82) is 0 Å². The first kappa shape index (κ1) is 15.0. The number of carbonyl (C=O) groups is 1. The van der Waals surface area contributed by atoms with Gasteiger partial charge in [0.25, 0.3) is 5.91 Å². The van der Waals surface area contributed by atoms with E-state index in [1.165, 1.54) is 6.07 Å². The molecule has 1 aromatic heterocycles. The van der Waals surface area contributed by atoms with Crippen LogP contribution in [0.3, 0.4) is 0 Å². The molecule has 1 aromatic carbocycles. The minimum atomic E-state index is -0.333. The summed E-state index contributed by atoms with van der Waals surface area (Å²) in [7, 11) is 0. The topological polar surface area (TPSA) is 74.0 Å². The highest BCUT2D eigenvalue weighted by atomic mass is 16.2. The van der Waals surface area contributed by atoms with Crippen LogP contribution in [0.1, 0.15) is 35.9 Å². The van der Waals surface area contributed by atoms with Gasteiger partial charge in [0.2, 0.25) is 5.56 Å². The van der Waals surface area contributed by atoms with Gasteiger partial charge in [0, 0.05) is 17.8 Å². The fourth-order valence-electron chi connectivity index (χ4n) is 2.06. The van der Waals surface area contributed by atoms with Gasteiger partial charge < -0.3 is 15.6 Å². The maximum Gasteiger partial charge on any atom is 0.272 e. The van der Waals surface area contributed by atoms with Crippen LogP contribution in [0.15, 0.2) is 47.3 Å². The van der Waals surface area contributed by atoms with Gasteiger partial charge in [-0.25, -0.2) is 0 Å². The lowest BCUT2D eigenvalue weighted by molar-refractivity contribution is 0.102. The summed E-state index contributed by atoms with van der Waals surface area (Å²) in [6.07, 6.45) is 0. The Hall–Kier alpha value is -2.40. The van der Waals surface area contributed by atoms with Gasteiger partial charge in [-0.05, 0) is 37.2 Å². The number of H-pyrrole nitrogens is 1. The summed E-state index contributed by atoms with van der Waals surface area (Å²) in [5, 5.41) is 6.08. The van der Waals surface area contributed by atoms with Crippen LogP contribution < -0.4 is 16.2 Å². The number of hydrogen-bond donors (Lipinski definition) is 3. The highest BCUT2D eigenvalue weighted by molar-refractivity contribution is 6.02. The van der Waals surface area contributed by atoms with Crippen molar-refractivity contribution in [2.24, 2.45) is 0 Å². The third kappa shape index (κ3) is 4.03. The normalized spacial score (nSPS) is 11.9. The summed E-state index contributed by atoms with van der Waals surface area (Å²) >= 11 is 0. The largest absolute Gasteiger partial charge is 0.321 e. The zero-order valence-electron chi connectivity index (χ0n) is 12.1. The fourth-order valence-corrected chi connectivity index (χ4v) is 2.06. The van der Waals surface area contributed by atoms with Crippen molar-refractivity contribution in [2.75, 3.05) is 11.9 Å². The molecule has 21 heavy (non-hydrogen) atoms. The molecule has 110 valence electrons. The monoisotopic (exact) mass is 285 g/mol. The molecular weight excluding hydrogens is 266 g/mol. The van der Waals surface area contributed by atoms with Gasteiger partial charge in [0.05, 0.1) is 0 Å². The second-order valence-corrected chi connectivity index (χ2v) is 4.78. The van der Waals surface area contributed by atoms with Gasteiger partial charge in [0.15, 0.2) is 0 Å². The Morgan fingerprint density at radius 2 is 1.90 bits per heavy atom. The number of hydrogen-bond acceptors (Lipinski definition) is 3. The second kappa shape index (κ2) is 6.85. The smallest absolute Gasteiger partial charge is 0.272 e. The van der Waals surface area contributed by atoms with Gasteiger partial charge in [-0.1, -0.05) is 25.1 Å². The van der Waals surface area contributed by atoms with Crippen molar-refractivity contribution >= 4 is 11.6 Å². The van der Waals surface area contributed by atoms with Crippen molar-refractivity contribution in [2.45, 2.75) is 19.9 Å². The van der Waals surface area contributed by atoms with E-state index in [2.05, 4.69) is 29.5 Å². The molecule has 3 N–H and O–H groups in total. The average Bonchev–Trinajstić information content (AvgIpc) is 2.48. The number of anilines is 1. The maximum absolute atomic E-state index is 12.0. The predicted molar refractivity (Wildman–Crippen MR) is 83.5 cm³/mol. The highest BCUT2D eigenvalue weighted by Gasteiger charge is 2.08. The van der Waals surface area contributed by atoms with Crippen LogP contribution in [0.5, 0.6) is 0 Å². The average molecular weight is 285 g/mol. The molecule has 1 heterocycles. The van der Waals surface area contributed by atoms with E-state index in [9.17, 15) is 9.59 Å². The Kier molecular flexibility index (Phi) is 4.90. The molecule has 0 saturated heterocycles. The lowest BCUT2D eigenvalue weighted by Gasteiger charge is -2.13. The molecule has 2 rings (SSSR count). The van der Waals surface area contributed by atoms with Crippen LogP contribution in [0.2, 0.25) is 0 Å². The minimum Gasteiger partial charge on any atom is -0.321 e. The lowest BCUT2D eigenvalue weighted by atomic mass is 10.1. The Labute approximate surface area is 123 Å². The molecule has 0 saturated carbocycles. The number of aromatic nitrogens is 1. The van der Waals surface area contributed by atoms with Crippen LogP contribution in [-0.2, 0) is 0 Å². The SMILES string of the molecule is CCNC(C)c1ccc(NC(=O)c2cccc(=O)[nH]2)cc1. The molecule has 0 aliphatic rings. The summed E-state index contributed by atoms with van der Waals surface area (Å²) in [6, 6.07) is 12.4. The molecule has 5 nitrogen and oxygen atoms in total. The zero-order chi connectivity index (χ0) is 15.2. The summed E-state index contributed by atoms with van der Waals surface area (Å²) < 4.78 is 0. The van der Waals surface area contributed by atoms with Crippen LogP contribution in [0.4, 0.5) is 5.69 Å². The van der Waals surface area contributed by atoms with Gasteiger partial charge in [-0.15, -0.1) is 0 Å². The van der Waals surface area contributed by atoms with E-state index >= 15 is 0 Å². The molecule has 5 heteroatoms. The quantitative estimate of drug-likeness (QED) is 0.789. The van der Waals surface area contributed by atoms with E-state index in [1.807, 2.05) is 24.3 Å². The van der Waals surface area contributed by atoms with Crippen molar-refractivity contribution in [3.05, 3.63) is 64.1 Å². The third-order valence-electron chi connectivity index (χ3n) is 3.19. The molecule has 1 unspecified atom stereocenters. The molecule has 1 amide bonds. The summed E-state index contributed by atoms with van der Waals surface area (Å²) in [6.45, 7) is 5.05. The first-order valence-corrected chi connectivity index (χ1v) is 6.94. The lowest BCUT2D eigenvalue weighted by Crippen LogP contribution is -2.19.